The molecule has 0 heterocycles. The molecule has 10 heavy (non-hydrogen) atoms. The van der Waals surface area contributed by atoms with Gasteiger partial charge in [-0.1, -0.05) is 33.6 Å². The van der Waals surface area contributed by atoms with Gasteiger partial charge in [0.05, 0.1) is 0 Å². The summed E-state index contributed by atoms with van der Waals surface area (Å²) >= 11 is 0. The molecule has 0 saturated carbocycles. The first-order valence-corrected chi connectivity index (χ1v) is 4.49. The lowest BCUT2D eigenvalue weighted by molar-refractivity contribution is 0.389. The third kappa shape index (κ3) is 4.84. The third-order valence-electron chi connectivity index (χ3n) is 2.20. The van der Waals surface area contributed by atoms with Gasteiger partial charge in [0.2, 0.25) is 0 Å². The maximum Gasteiger partial charge on any atom is -0.0443 e. The molecule has 0 bridgehead atoms. The molecule has 0 aromatic rings. The van der Waals surface area contributed by atoms with E-state index in [1.165, 1.54) is 19.3 Å². The molecule has 0 saturated heterocycles. The minimum absolute atomic E-state index is 0.882. The van der Waals surface area contributed by atoms with E-state index in [4.69, 9.17) is 0 Å². The minimum Gasteiger partial charge on any atom is -0.343 e. The fourth-order valence-electron chi connectivity index (χ4n) is 1.32. The monoisotopic (exact) mass is 141 g/mol. The van der Waals surface area contributed by atoms with Crippen LogP contribution in [0, 0.1) is 18.8 Å². The van der Waals surface area contributed by atoms with Gasteiger partial charge in [-0.15, -0.1) is 0 Å². The van der Waals surface area contributed by atoms with Gasteiger partial charge in [0.25, 0.3) is 0 Å². The molecule has 0 heteroatoms. The maximum atomic E-state index is 3.86. The second-order valence-electron chi connectivity index (χ2n) is 3.50. The second-order valence-corrected chi connectivity index (χ2v) is 3.50. The van der Waals surface area contributed by atoms with E-state index in [2.05, 4.69) is 27.7 Å². The highest BCUT2D eigenvalue weighted by atomic mass is 14.1. The van der Waals surface area contributed by atoms with Crippen LogP contribution in [0.5, 0.6) is 0 Å². The third-order valence-corrected chi connectivity index (χ3v) is 2.20. The van der Waals surface area contributed by atoms with Gasteiger partial charge in [-0.25, -0.2) is 0 Å². The molecule has 62 valence electrons. The summed E-state index contributed by atoms with van der Waals surface area (Å²) in [6.07, 6.45) is 5.09. The van der Waals surface area contributed by atoms with Crippen LogP contribution in [0.25, 0.3) is 0 Å². The molecule has 0 aromatic carbocycles. The first-order valence-electron chi connectivity index (χ1n) is 4.49. The highest BCUT2D eigenvalue weighted by molar-refractivity contribution is 4.58. The molecule has 0 aromatic heterocycles. The maximum absolute atomic E-state index is 3.86. The van der Waals surface area contributed by atoms with E-state index >= 15 is 0 Å². The lowest BCUT2D eigenvalue weighted by atomic mass is 9.92. The Morgan fingerprint density at radius 1 is 1.20 bits per heavy atom. The molecule has 2 atom stereocenters. The zero-order chi connectivity index (χ0) is 7.98. The highest BCUT2D eigenvalue weighted by Crippen LogP contribution is 2.18. The summed E-state index contributed by atoms with van der Waals surface area (Å²) in [4.78, 5) is 0. The predicted octanol–water partition coefficient (Wildman–Crippen LogP) is 3.67. The van der Waals surface area contributed by atoms with Gasteiger partial charge in [0.15, 0.2) is 0 Å². The molecule has 0 amide bonds. The Kier molecular flexibility index (Phi) is 5.76. The molecular weight excluding hydrogens is 120 g/mol. The molecule has 0 radical (unpaired) electrons. The van der Waals surface area contributed by atoms with Crippen molar-refractivity contribution in [2.45, 2.75) is 46.5 Å². The van der Waals surface area contributed by atoms with Crippen molar-refractivity contribution in [1.29, 1.82) is 0 Å². The normalized spacial score (nSPS) is 16.8. The summed E-state index contributed by atoms with van der Waals surface area (Å²) in [6.45, 7) is 10.8. The summed E-state index contributed by atoms with van der Waals surface area (Å²) in [6, 6.07) is 0. The SMILES string of the molecule is [CH2-]CCC(C)CC(C)CC. The van der Waals surface area contributed by atoms with Crippen molar-refractivity contribution in [2.24, 2.45) is 11.8 Å². The Morgan fingerprint density at radius 3 is 2.20 bits per heavy atom. The molecular formula is C10H21-. The zero-order valence-corrected chi connectivity index (χ0v) is 7.69. The average Bonchev–Trinajstić information content (AvgIpc) is 1.88. The Balaban J connectivity index is 3.27. The van der Waals surface area contributed by atoms with Crippen molar-refractivity contribution in [3.05, 3.63) is 6.92 Å². The zero-order valence-electron chi connectivity index (χ0n) is 7.69. The van der Waals surface area contributed by atoms with E-state index < -0.39 is 0 Å². The van der Waals surface area contributed by atoms with Gasteiger partial charge in [0, 0.05) is 0 Å². The predicted molar refractivity (Wildman–Crippen MR) is 47.8 cm³/mol. The van der Waals surface area contributed by atoms with Crippen LogP contribution in [0.15, 0.2) is 0 Å². The minimum atomic E-state index is 0.882. The van der Waals surface area contributed by atoms with Crippen molar-refractivity contribution in [3.63, 3.8) is 0 Å². The summed E-state index contributed by atoms with van der Waals surface area (Å²) in [5.74, 6) is 1.79. The smallest absolute Gasteiger partial charge is 0.0443 e. The van der Waals surface area contributed by atoms with E-state index in [-0.39, 0.29) is 0 Å². The molecule has 0 fully saturated rings. The second kappa shape index (κ2) is 5.76. The topological polar surface area (TPSA) is 0 Å². The van der Waals surface area contributed by atoms with Crippen LogP contribution in [-0.2, 0) is 0 Å². The van der Waals surface area contributed by atoms with Gasteiger partial charge in [-0.3, -0.25) is 0 Å². The first-order chi connectivity index (χ1) is 4.70. The summed E-state index contributed by atoms with van der Waals surface area (Å²) in [7, 11) is 0. The Morgan fingerprint density at radius 2 is 1.80 bits per heavy atom. The molecule has 0 spiro atoms. The Labute approximate surface area is 66.0 Å². The van der Waals surface area contributed by atoms with Crippen molar-refractivity contribution in [3.8, 4) is 0 Å². The van der Waals surface area contributed by atoms with Crippen molar-refractivity contribution in [2.75, 3.05) is 0 Å². The lowest BCUT2D eigenvalue weighted by Crippen LogP contribution is -2.01. The van der Waals surface area contributed by atoms with Gasteiger partial charge >= 0.3 is 0 Å². The molecule has 0 rings (SSSR count). The van der Waals surface area contributed by atoms with Gasteiger partial charge < -0.3 is 6.92 Å². The van der Waals surface area contributed by atoms with Crippen LogP contribution in [0.1, 0.15) is 46.5 Å². The number of rotatable bonds is 5. The number of hydrogen-bond acceptors (Lipinski definition) is 0. The van der Waals surface area contributed by atoms with Crippen LogP contribution < -0.4 is 0 Å². The fraction of sp³-hybridized carbons (Fsp3) is 0.900. The largest absolute Gasteiger partial charge is 0.343 e. The molecule has 0 aliphatic rings. The van der Waals surface area contributed by atoms with E-state index in [0.717, 1.165) is 18.3 Å². The van der Waals surface area contributed by atoms with Gasteiger partial charge in [0.1, 0.15) is 0 Å². The van der Waals surface area contributed by atoms with Crippen LogP contribution in [0.4, 0.5) is 0 Å². The summed E-state index contributed by atoms with van der Waals surface area (Å²) in [5, 5.41) is 0. The molecule has 0 nitrogen and oxygen atoms in total. The number of hydrogen-bond donors (Lipinski definition) is 0. The van der Waals surface area contributed by atoms with E-state index in [9.17, 15) is 0 Å². The molecule has 0 aliphatic carbocycles. The molecule has 0 N–H and O–H groups in total. The van der Waals surface area contributed by atoms with Crippen molar-refractivity contribution in [1.82, 2.24) is 0 Å². The van der Waals surface area contributed by atoms with Crippen molar-refractivity contribution < 1.29 is 0 Å². The summed E-state index contributed by atoms with van der Waals surface area (Å²) in [5.41, 5.74) is 0. The molecule has 0 aliphatic heterocycles. The van der Waals surface area contributed by atoms with Gasteiger partial charge in [-0.05, 0) is 18.3 Å². The van der Waals surface area contributed by atoms with Crippen molar-refractivity contribution >= 4 is 0 Å². The highest BCUT2D eigenvalue weighted by Gasteiger charge is 2.03. The standard InChI is InChI=1S/C10H21/c1-5-7-10(4)8-9(3)6-2/h9-10H,1,5-8H2,2-4H3/q-1. The average molecular weight is 141 g/mol. The van der Waals surface area contributed by atoms with Crippen LogP contribution >= 0.6 is 0 Å². The van der Waals surface area contributed by atoms with Gasteiger partial charge in [-0.2, -0.15) is 6.42 Å². The fourth-order valence-corrected chi connectivity index (χ4v) is 1.32. The quantitative estimate of drug-likeness (QED) is 0.512. The first kappa shape index (κ1) is 10.0. The van der Waals surface area contributed by atoms with Crippen LogP contribution in [-0.4, -0.2) is 0 Å². The van der Waals surface area contributed by atoms with E-state index in [1.54, 1.807) is 0 Å². The van der Waals surface area contributed by atoms with Crippen LogP contribution in [0.2, 0.25) is 0 Å². The lowest BCUT2D eigenvalue weighted by Gasteiger charge is -2.15. The Hall–Kier alpha value is 0. The van der Waals surface area contributed by atoms with E-state index in [0.29, 0.717) is 0 Å². The molecule has 2 unspecified atom stereocenters. The van der Waals surface area contributed by atoms with E-state index in [1.807, 2.05) is 0 Å². The van der Waals surface area contributed by atoms with Crippen LogP contribution in [0.3, 0.4) is 0 Å². The summed E-state index contributed by atoms with van der Waals surface area (Å²) < 4.78 is 0. The Bertz CT molecular complexity index is 66.4.